The first-order valence-electron chi connectivity index (χ1n) is 4.92. The van der Waals surface area contributed by atoms with Gasteiger partial charge in [-0.2, -0.15) is 0 Å². The lowest BCUT2D eigenvalue weighted by molar-refractivity contribution is -0.296. The lowest BCUT2D eigenvalue weighted by atomic mass is 9.99. The molecule has 1 rings (SSSR count). The standard InChI is InChI=1S/C9H16O6S/c1-3(2)14-9-6(12)4(10)5(11)7(15-9)8(13)16/h3-7,9-12H,1-2H3,(H,13,16)/t4-,5+,6+,7-,9?/m0/s1. The minimum absolute atomic E-state index is 0.252. The molecule has 1 aliphatic rings. The monoisotopic (exact) mass is 252 g/mol. The van der Waals surface area contributed by atoms with Crippen LogP contribution in [0.25, 0.3) is 0 Å². The van der Waals surface area contributed by atoms with E-state index in [4.69, 9.17) is 9.47 Å². The number of carbonyl (C=O) groups is 1. The quantitative estimate of drug-likeness (QED) is 0.465. The van der Waals surface area contributed by atoms with Crippen molar-refractivity contribution in [3.8, 4) is 0 Å². The Hall–Kier alpha value is -0.180. The molecule has 0 amide bonds. The number of aliphatic hydroxyl groups excluding tert-OH is 3. The van der Waals surface area contributed by atoms with Crippen LogP contribution in [0.1, 0.15) is 13.8 Å². The van der Waals surface area contributed by atoms with E-state index in [0.717, 1.165) is 0 Å². The average molecular weight is 252 g/mol. The van der Waals surface area contributed by atoms with Crippen LogP contribution in [0.4, 0.5) is 0 Å². The second-order valence-electron chi connectivity index (χ2n) is 3.92. The molecule has 1 fully saturated rings. The summed E-state index contributed by atoms with van der Waals surface area (Å²) in [5.74, 6) is 0. The summed E-state index contributed by atoms with van der Waals surface area (Å²) in [6.07, 6.45) is -7.12. The van der Waals surface area contributed by atoms with Crippen LogP contribution in [0.3, 0.4) is 0 Å². The molecular formula is C9H16O6S. The number of carbonyl (C=O) groups excluding carboxylic acids is 1. The van der Waals surface area contributed by atoms with Crippen LogP contribution in [0.15, 0.2) is 0 Å². The third kappa shape index (κ3) is 2.93. The lowest BCUT2D eigenvalue weighted by Gasteiger charge is -2.39. The summed E-state index contributed by atoms with van der Waals surface area (Å²) in [6.45, 7) is 3.43. The van der Waals surface area contributed by atoms with E-state index >= 15 is 0 Å². The summed E-state index contributed by atoms with van der Waals surface area (Å²) in [7, 11) is 0. The molecule has 1 unspecified atom stereocenters. The van der Waals surface area contributed by atoms with Gasteiger partial charge in [0.1, 0.15) is 18.3 Å². The molecule has 1 saturated heterocycles. The van der Waals surface area contributed by atoms with Gasteiger partial charge in [-0.05, 0) is 13.8 Å². The number of aliphatic hydroxyl groups is 3. The van der Waals surface area contributed by atoms with Crippen molar-refractivity contribution in [2.75, 3.05) is 0 Å². The molecule has 0 aromatic carbocycles. The highest BCUT2D eigenvalue weighted by molar-refractivity contribution is 7.96. The first kappa shape index (κ1) is 13.9. The second-order valence-corrected chi connectivity index (χ2v) is 4.36. The molecule has 1 heterocycles. The summed E-state index contributed by atoms with van der Waals surface area (Å²) in [5.41, 5.74) is 0. The van der Waals surface area contributed by atoms with Crippen molar-refractivity contribution in [3.63, 3.8) is 0 Å². The molecule has 16 heavy (non-hydrogen) atoms. The van der Waals surface area contributed by atoms with Gasteiger partial charge in [-0.3, -0.25) is 4.79 Å². The molecule has 3 N–H and O–H groups in total. The number of hydrogen-bond acceptors (Lipinski definition) is 6. The SMILES string of the molecule is CC(C)OC1O[C@H](C(=O)S)[C@H](O)[C@H](O)[C@H]1O. The Morgan fingerprint density at radius 3 is 2.25 bits per heavy atom. The van der Waals surface area contributed by atoms with Gasteiger partial charge in [0.2, 0.25) is 5.12 Å². The molecule has 7 heteroatoms. The third-order valence-corrected chi connectivity index (χ3v) is 2.47. The van der Waals surface area contributed by atoms with Crippen LogP contribution in [0.2, 0.25) is 0 Å². The Bertz CT molecular complexity index is 258. The molecule has 0 radical (unpaired) electrons. The van der Waals surface area contributed by atoms with Gasteiger partial charge in [-0.1, -0.05) is 0 Å². The first-order chi connectivity index (χ1) is 7.34. The van der Waals surface area contributed by atoms with Crippen molar-refractivity contribution in [1.29, 1.82) is 0 Å². The van der Waals surface area contributed by atoms with E-state index in [1.54, 1.807) is 13.8 Å². The maximum absolute atomic E-state index is 11.0. The average Bonchev–Trinajstić information content (AvgIpc) is 2.18. The van der Waals surface area contributed by atoms with E-state index < -0.39 is 35.8 Å². The highest BCUT2D eigenvalue weighted by Gasteiger charge is 2.46. The zero-order chi connectivity index (χ0) is 12.5. The van der Waals surface area contributed by atoms with E-state index in [2.05, 4.69) is 12.6 Å². The molecule has 0 aromatic heterocycles. The van der Waals surface area contributed by atoms with E-state index in [0.29, 0.717) is 0 Å². The fourth-order valence-electron chi connectivity index (χ4n) is 1.43. The predicted octanol–water partition coefficient (Wildman–Crippen LogP) is -1.32. The van der Waals surface area contributed by atoms with E-state index in [-0.39, 0.29) is 6.10 Å². The minimum atomic E-state index is -1.51. The maximum atomic E-state index is 11.0. The van der Waals surface area contributed by atoms with Crippen LogP contribution in [0, 0.1) is 0 Å². The zero-order valence-electron chi connectivity index (χ0n) is 8.98. The van der Waals surface area contributed by atoms with Gasteiger partial charge >= 0.3 is 0 Å². The largest absolute Gasteiger partial charge is 0.387 e. The van der Waals surface area contributed by atoms with Gasteiger partial charge in [0.15, 0.2) is 12.4 Å². The molecule has 5 atom stereocenters. The predicted molar refractivity (Wildman–Crippen MR) is 56.9 cm³/mol. The highest BCUT2D eigenvalue weighted by atomic mass is 32.1. The van der Waals surface area contributed by atoms with Crippen LogP contribution >= 0.6 is 12.6 Å². The Morgan fingerprint density at radius 1 is 1.25 bits per heavy atom. The Balaban J connectivity index is 2.77. The highest BCUT2D eigenvalue weighted by Crippen LogP contribution is 2.24. The number of hydrogen-bond donors (Lipinski definition) is 4. The lowest BCUT2D eigenvalue weighted by Crippen LogP contribution is -2.60. The summed E-state index contributed by atoms with van der Waals surface area (Å²) in [5, 5.41) is 27.8. The normalized spacial score (nSPS) is 40.1. The van der Waals surface area contributed by atoms with Gasteiger partial charge in [0, 0.05) is 0 Å². The summed E-state index contributed by atoms with van der Waals surface area (Å²) in [6, 6.07) is 0. The van der Waals surface area contributed by atoms with E-state index in [1.165, 1.54) is 0 Å². The fraction of sp³-hybridized carbons (Fsp3) is 0.889. The molecular weight excluding hydrogens is 236 g/mol. The Morgan fingerprint density at radius 2 is 1.81 bits per heavy atom. The van der Waals surface area contributed by atoms with Gasteiger partial charge < -0.3 is 24.8 Å². The topological polar surface area (TPSA) is 96.2 Å². The fourth-order valence-corrected chi connectivity index (χ4v) is 1.65. The summed E-state index contributed by atoms with van der Waals surface area (Å²) in [4.78, 5) is 11.0. The van der Waals surface area contributed by atoms with E-state index in [1.807, 2.05) is 0 Å². The molecule has 0 aromatic rings. The third-order valence-electron chi connectivity index (χ3n) is 2.22. The first-order valence-corrected chi connectivity index (χ1v) is 5.37. The molecule has 6 nitrogen and oxygen atoms in total. The Kier molecular flexibility index (Phi) is 4.72. The minimum Gasteiger partial charge on any atom is -0.387 e. The van der Waals surface area contributed by atoms with Crippen molar-refractivity contribution in [1.82, 2.24) is 0 Å². The summed E-state index contributed by atoms with van der Waals surface area (Å²) < 4.78 is 10.2. The van der Waals surface area contributed by atoms with Crippen LogP contribution in [-0.4, -0.2) is 57.2 Å². The molecule has 0 aliphatic carbocycles. The van der Waals surface area contributed by atoms with Crippen LogP contribution in [-0.2, 0) is 14.3 Å². The summed E-state index contributed by atoms with van der Waals surface area (Å²) >= 11 is 3.53. The van der Waals surface area contributed by atoms with Gasteiger partial charge in [-0.15, -0.1) is 12.6 Å². The van der Waals surface area contributed by atoms with Gasteiger partial charge in [-0.25, -0.2) is 0 Å². The smallest absolute Gasteiger partial charge is 0.217 e. The maximum Gasteiger partial charge on any atom is 0.217 e. The Labute approximate surface area is 98.6 Å². The van der Waals surface area contributed by atoms with Crippen molar-refractivity contribution >= 4 is 17.7 Å². The molecule has 0 bridgehead atoms. The van der Waals surface area contributed by atoms with Gasteiger partial charge in [0.25, 0.3) is 0 Å². The molecule has 0 spiro atoms. The van der Waals surface area contributed by atoms with Crippen LogP contribution < -0.4 is 0 Å². The second kappa shape index (κ2) is 5.44. The van der Waals surface area contributed by atoms with Gasteiger partial charge in [0.05, 0.1) is 6.10 Å². The zero-order valence-corrected chi connectivity index (χ0v) is 9.87. The van der Waals surface area contributed by atoms with Crippen molar-refractivity contribution in [2.45, 2.75) is 50.7 Å². The molecule has 0 saturated carbocycles. The molecule has 1 aliphatic heterocycles. The number of rotatable bonds is 3. The number of ether oxygens (including phenoxy) is 2. The van der Waals surface area contributed by atoms with Crippen LogP contribution in [0.5, 0.6) is 0 Å². The molecule has 94 valence electrons. The van der Waals surface area contributed by atoms with Crippen molar-refractivity contribution in [3.05, 3.63) is 0 Å². The number of thiol groups is 1. The van der Waals surface area contributed by atoms with Crippen molar-refractivity contribution < 1.29 is 29.6 Å². The van der Waals surface area contributed by atoms with E-state index in [9.17, 15) is 20.1 Å². The van der Waals surface area contributed by atoms with Crippen molar-refractivity contribution in [2.24, 2.45) is 0 Å².